The van der Waals surface area contributed by atoms with Gasteiger partial charge in [0.1, 0.15) is 23.6 Å². The van der Waals surface area contributed by atoms with Gasteiger partial charge >= 0.3 is 0 Å². The van der Waals surface area contributed by atoms with Crippen LogP contribution in [-0.4, -0.2) is 32.4 Å². The molecule has 30 heavy (non-hydrogen) atoms. The summed E-state index contributed by atoms with van der Waals surface area (Å²) >= 11 is 0. The predicted octanol–water partition coefficient (Wildman–Crippen LogP) is 4.03. The van der Waals surface area contributed by atoms with Gasteiger partial charge in [-0.25, -0.2) is 14.6 Å². The van der Waals surface area contributed by atoms with E-state index in [1.165, 1.54) is 6.33 Å². The molecule has 0 unspecified atom stereocenters. The number of hydrogen-bond acceptors (Lipinski definition) is 6. The quantitative estimate of drug-likeness (QED) is 0.482. The van der Waals surface area contributed by atoms with E-state index in [1.807, 2.05) is 29.8 Å². The lowest BCUT2D eigenvalue weighted by molar-refractivity contribution is 0.341. The average Bonchev–Trinajstić information content (AvgIpc) is 3.07. The zero-order valence-electron chi connectivity index (χ0n) is 17.4. The van der Waals surface area contributed by atoms with Crippen molar-refractivity contribution in [3.8, 4) is 17.0 Å². The van der Waals surface area contributed by atoms with Gasteiger partial charge in [-0.3, -0.25) is 0 Å². The van der Waals surface area contributed by atoms with Gasteiger partial charge in [0.25, 0.3) is 0 Å². The minimum absolute atomic E-state index is 0. The Morgan fingerprint density at radius 3 is 2.53 bits per heavy atom. The normalized spacial score (nSPS) is 12.3. The molecule has 0 bridgehead atoms. The molecule has 0 aliphatic carbocycles. The van der Waals surface area contributed by atoms with Crippen molar-refractivity contribution in [2.45, 2.75) is 33.4 Å². The molecule has 1 atom stereocenters. The van der Waals surface area contributed by atoms with E-state index in [0.29, 0.717) is 30.5 Å². The van der Waals surface area contributed by atoms with E-state index in [0.717, 1.165) is 33.2 Å². The van der Waals surface area contributed by atoms with E-state index in [1.54, 1.807) is 0 Å². The lowest BCUT2D eigenvalue weighted by Crippen LogP contribution is -2.32. The smallest absolute Gasteiger partial charge is 0.164 e. The Kier molecular flexibility index (Phi) is 6.43. The molecule has 0 radical (unpaired) electrons. The largest absolute Gasteiger partial charge is 0.494 e. The number of rotatable bonds is 6. The van der Waals surface area contributed by atoms with Crippen molar-refractivity contribution in [3.63, 3.8) is 0 Å². The summed E-state index contributed by atoms with van der Waals surface area (Å²) in [4.78, 5) is 8.61. The molecule has 0 fully saturated rings. The van der Waals surface area contributed by atoms with E-state index in [-0.39, 0.29) is 18.4 Å². The third kappa shape index (κ3) is 4.04. The van der Waals surface area contributed by atoms with Crippen molar-refractivity contribution in [1.29, 1.82) is 0 Å². The molecule has 0 aliphatic heterocycles. The van der Waals surface area contributed by atoms with Gasteiger partial charge < -0.3 is 16.2 Å². The van der Waals surface area contributed by atoms with Crippen molar-refractivity contribution >= 4 is 40.0 Å². The van der Waals surface area contributed by atoms with Gasteiger partial charge in [0.15, 0.2) is 5.65 Å². The van der Waals surface area contributed by atoms with Crippen LogP contribution >= 0.6 is 12.4 Å². The highest BCUT2D eigenvalue weighted by atomic mass is 35.5. The minimum Gasteiger partial charge on any atom is -0.494 e. The van der Waals surface area contributed by atoms with Gasteiger partial charge in [-0.2, -0.15) is 5.10 Å². The number of nitrogens with two attached hydrogens (primary N) is 2. The Morgan fingerprint density at radius 1 is 1.07 bits per heavy atom. The fourth-order valence-electron chi connectivity index (χ4n) is 3.40. The highest BCUT2D eigenvalue weighted by molar-refractivity contribution is 6.00. The standard InChI is InChI=1S/C22H26N6O.ClH/c1-4-29-17-8-7-14-9-16(6-5-15(14)10-17)20-19-21(24)25-12-26-22(19)28(27-20)11-18(23)13(2)3;/h5-10,12-13,18H,4,11,23H2,1-3H3,(H2,24,25,26);1H/t18-;/m1./s1. The first-order chi connectivity index (χ1) is 14.0. The summed E-state index contributed by atoms with van der Waals surface area (Å²) in [6.45, 7) is 7.38. The van der Waals surface area contributed by atoms with Gasteiger partial charge in [-0.05, 0) is 41.8 Å². The van der Waals surface area contributed by atoms with Crippen molar-refractivity contribution in [2.75, 3.05) is 12.3 Å². The Bertz CT molecular complexity index is 1170. The maximum absolute atomic E-state index is 6.29. The van der Waals surface area contributed by atoms with Crippen LogP contribution in [0.5, 0.6) is 5.75 Å². The summed E-state index contributed by atoms with van der Waals surface area (Å²) < 4.78 is 7.44. The highest BCUT2D eigenvalue weighted by Gasteiger charge is 2.19. The van der Waals surface area contributed by atoms with Crippen molar-refractivity contribution in [2.24, 2.45) is 11.7 Å². The van der Waals surface area contributed by atoms with Crippen LogP contribution in [0.2, 0.25) is 0 Å². The third-order valence-electron chi connectivity index (χ3n) is 5.19. The number of benzene rings is 2. The van der Waals surface area contributed by atoms with Crippen LogP contribution in [0.15, 0.2) is 42.7 Å². The average molecular weight is 427 g/mol. The fraction of sp³-hybridized carbons (Fsp3) is 0.318. The summed E-state index contributed by atoms with van der Waals surface area (Å²) in [5.74, 6) is 1.61. The molecule has 2 aromatic carbocycles. The lowest BCUT2D eigenvalue weighted by atomic mass is 10.0. The summed E-state index contributed by atoms with van der Waals surface area (Å²) in [6, 6.07) is 12.3. The van der Waals surface area contributed by atoms with Crippen LogP contribution in [0.4, 0.5) is 5.82 Å². The first kappa shape index (κ1) is 21.8. The number of anilines is 1. The molecule has 2 aromatic heterocycles. The van der Waals surface area contributed by atoms with Crippen LogP contribution in [-0.2, 0) is 6.54 Å². The molecule has 4 N–H and O–H groups in total. The number of nitrogen functional groups attached to an aromatic ring is 1. The van der Waals surface area contributed by atoms with Crippen molar-refractivity contribution in [1.82, 2.24) is 19.7 Å². The molecule has 7 nitrogen and oxygen atoms in total. The van der Waals surface area contributed by atoms with Gasteiger partial charge in [-0.1, -0.05) is 32.0 Å². The lowest BCUT2D eigenvalue weighted by Gasteiger charge is -2.15. The molecular weight excluding hydrogens is 400 g/mol. The monoisotopic (exact) mass is 426 g/mol. The molecule has 4 rings (SSSR count). The van der Waals surface area contributed by atoms with Crippen LogP contribution in [0.1, 0.15) is 20.8 Å². The zero-order chi connectivity index (χ0) is 20.5. The summed E-state index contributed by atoms with van der Waals surface area (Å²) in [5, 5.41) is 7.79. The fourth-order valence-corrected chi connectivity index (χ4v) is 3.40. The second kappa shape index (κ2) is 8.85. The molecule has 8 heteroatoms. The first-order valence-corrected chi connectivity index (χ1v) is 9.87. The highest BCUT2D eigenvalue weighted by Crippen LogP contribution is 2.33. The predicted molar refractivity (Wildman–Crippen MR) is 124 cm³/mol. The molecule has 0 aliphatic rings. The van der Waals surface area contributed by atoms with Gasteiger partial charge in [0, 0.05) is 11.6 Å². The number of nitrogens with zero attached hydrogens (tertiary/aromatic N) is 4. The second-order valence-corrected chi connectivity index (χ2v) is 7.55. The van der Waals surface area contributed by atoms with Gasteiger partial charge in [0.05, 0.1) is 18.5 Å². The van der Waals surface area contributed by atoms with Gasteiger partial charge in [-0.15, -0.1) is 12.4 Å². The van der Waals surface area contributed by atoms with Crippen LogP contribution in [0.3, 0.4) is 0 Å². The van der Waals surface area contributed by atoms with E-state index >= 15 is 0 Å². The minimum atomic E-state index is -0.0317. The van der Waals surface area contributed by atoms with E-state index in [9.17, 15) is 0 Å². The van der Waals surface area contributed by atoms with Crippen molar-refractivity contribution in [3.05, 3.63) is 42.7 Å². The molecule has 0 spiro atoms. The van der Waals surface area contributed by atoms with Crippen LogP contribution in [0, 0.1) is 5.92 Å². The summed E-state index contributed by atoms with van der Waals surface area (Å²) in [5.41, 5.74) is 14.9. The molecular formula is C22H27ClN6O. The summed E-state index contributed by atoms with van der Waals surface area (Å²) in [7, 11) is 0. The van der Waals surface area contributed by atoms with E-state index < -0.39 is 0 Å². The molecule has 4 aromatic rings. The van der Waals surface area contributed by atoms with Crippen molar-refractivity contribution < 1.29 is 4.74 Å². The maximum atomic E-state index is 6.29. The Morgan fingerprint density at radius 2 is 1.80 bits per heavy atom. The van der Waals surface area contributed by atoms with Gasteiger partial charge in [0.2, 0.25) is 0 Å². The number of halogens is 1. The Balaban J connectivity index is 0.00000256. The second-order valence-electron chi connectivity index (χ2n) is 7.55. The molecule has 158 valence electrons. The zero-order valence-corrected chi connectivity index (χ0v) is 18.2. The number of ether oxygens (including phenoxy) is 1. The topological polar surface area (TPSA) is 105 Å². The number of aromatic nitrogens is 4. The first-order valence-electron chi connectivity index (χ1n) is 9.87. The Labute approximate surface area is 181 Å². The molecule has 0 saturated heterocycles. The molecule has 0 saturated carbocycles. The Hall–Kier alpha value is -2.90. The molecule has 0 amide bonds. The maximum Gasteiger partial charge on any atom is 0.164 e. The van der Waals surface area contributed by atoms with Crippen LogP contribution in [0.25, 0.3) is 33.1 Å². The number of fused-ring (bicyclic) bond motifs is 2. The van der Waals surface area contributed by atoms with E-state index in [2.05, 4.69) is 42.0 Å². The van der Waals surface area contributed by atoms with E-state index in [4.69, 9.17) is 21.3 Å². The van der Waals surface area contributed by atoms with Crippen LogP contribution < -0.4 is 16.2 Å². The summed E-state index contributed by atoms with van der Waals surface area (Å²) in [6.07, 6.45) is 1.47. The molecule has 2 heterocycles. The number of hydrogen-bond donors (Lipinski definition) is 2. The third-order valence-corrected chi connectivity index (χ3v) is 5.19. The SMILES string of the molecule is CCOc1ccc2cc(-c3nn(C[C@@H](N)C(C)C)c4ncnc(N)c34)ccc2c1.Cl.